The van der Waals surface area contributed by atoms with Gasteiger partial charge in [0.15, 0.2) is 0 Å². The average Bonchev–Trinajstić information content (AvgIpc) is 2.42. The lowest BCUT2D eigenvalue weighted by molar-refractivity contribution is -1.04. The lowest BCUT2D eigenvalue weighted by Gasteiger charge is -2.46. The smallest absolute Gasteiger partial charge is 0.213 e. The standard InChI is InChI=1S/C11H29N8/c12-3-1-7-18(17-11(14)15)19(8-2-4-13)9-5-16-6-10-19/h16H,1-10,12-13H2,(H4,14,15,17)/q+1. The molecule has 0 radical (unpaired) electrons. The van der Waals surface area contributed by atoms with E-state index in [0.29, 0.717) is 13.1 Å². The van der Waals surface area contributed by atoms with Crippen LogP contribution in [0.3, 0.4) is 0 Å². The summed E-state index contributed by atoms with van der Waals surface area (Å²) < 4.78 is 0.766. The molecule has 0 spiro atoms. The van der Waals surface area contributed by atoms with Crippen LogP contribution in [0, 0.1) is 0 Å². The van der Waals surface area contributed by atoms with Crippen LogP contribution in [0.15, 0.2) is 5.10 Å². The van der Waals surface area contributed by atoms with Gasteiger partial charge in [0.1, 0.15) is 19.6 Å². The Morgan fingerprint density at radius 1 is 1.11 bits per heavy atom. The highest BCUT2D eigenvalue weighted by Crippen LogP contribution is 2.17. The van der Waals surface area contributed by atoms with Crippen molar-refractivity contribution in [2.24, 2.45) is 28.0 Å². The average molecular weight is 273 g/mol. The molecule has 1 aliphatic rings. The third-order valence-corrected chi connectivity index (χ3v) is 3.47. The van der Waals surface area contributed by atoms with Gasteiger partial charge in [-0.05, 0) is 19.5 Å². The zero-order valence-electron chi connectivity index (χ0n) is 11.7. The fraction of sp³-hybridized carbons (Fsp3) is 0.909. The Morgan fingerprint density at radius 3 is 2.26 bits per heavy atom. The predicted molar refractivity (Wildman–Crippen MR) is 77.6 cm³/mol. The van der Waals surface area contributed by atoms with Gasteiger partial charge in [0.25, 0.3) is 0 Å². The van der Waals surface area contributed by atoms with E-state index < -0.39 is 0 Å². The minimum Gasteiger partial charge on any atom is -0.368 e. The van der Waals surface area contributed by atoms with Crippen molar-refractivity contribution in [1.29, 1.82) is 0 Å². The number of guanidine groups is 1. The third-order valence-electron chi connectivity index (χ3n) is 3.47. The van der Waals surface area contributed by atoms with Crippen LogP contribution in [0.5, 0.6) is 0 Å². The molecule has 0 atom stereocenters. The van der Waals surface area contributed by atoms with E-state index in [1.165, 1.54) is 0 Å². The van der Waals surface area contributed by atoms with Crippen LogP contribution >= 0.6 is 0 Å². The van der Waals surface area contributed by atoms with Crippen molar-refractivity contribution in [3.05, 3.63) is 0 Å². The second-order valence-electron chi connectivity index (χ2n) is 4.92. The first-order valence-corrected chi connectivity index (χ1v) is 6.99. The summed E-state index contributed by atoms with van der Waals surface area (Å²) in [4.78, 5) is 0. The molecule has 9 N–H and O–H groups in total. The lowest BCUT2D eigenvalue weighted by Crippen LogP contribution is -2.66. The van der Waals surface area contributed by atoms with Crippen LogP contribution in [0.2, 0.25) is 0 Å². The van der Waals surface area contributed by atoms with Crippen molar-refractivity contribution in [3.8, 4) is 0 Å². The highest BCUT2D eigenvalue weighted by molar-refractivity contribution is 5.75. The van der Waals surface area contributed by atoms with E-state index >= 15 is 0 Å². The molecule has 0 saturated carbocycles. The van der Waals surface area contributed by atoms with Gasteiger partial charge in [0.05, 0.1) is 6.54 Å². The maximum Gasteiger partial charge on any atom is 0.213 e. The number of piperazine rings is 1. The number of quaternary nitrogens is 1. The number of hydrogen-bond acceptors (Lipinski definition) is 5. The summed E-state index contributed by atoms with van der Waals surface area (Å²) in [5.74, 6) is 0.0980. The molecule has 1 rings (SSSR count). The molecule has 8 heteroatoms. The minimum absolute atomic E-state index is 0.0980. The molecule has 0 unspecified atom stereocenters. The van der Waals surface area contributed by atoms with Crippen molar-refractivity contribution < 1.29 is 4.59 Å². The van der Waals surface area contributed by atoms with E-state index in [0.717, 1.165) is 56.7 Å². The van der Waals surface area contributed by atoms with Gasteiger partial charge in [-0.3, -0.25) is 0 Å². The van der Waals surface area contributed by atoms with E-state index in [4.69, 9.17) is 22.9 Å². The molecule has 0 aromatic rings. The fourth-order valence-electron chi connectivity index (χ4n) is 2.49. The van der Waals surface area contributed by atoms with E-state index in [9.17, 15) is 0 Å². The van der Waals surface area contributed by atoms with E-state index in [1.807, 2.05) is 5.12 Å². The molecule has 0 aliphatic carbocycles. The van der Waals surface area contributed by atoms with Crippen molar-refractivity contribution in [1.82, 2.24) is 10.4 Å². The first kappa shape index (κ1) is 16.0. The van der Waals surface area contributed by atoms with Crippen molar-refractivity contribution in [3.63, 3.8) is 0 Å². The number of hydrazone groups is 1. The summed E-state index contributed by atoms with van der Waals surface area (Å²) in [6.07, 6.45) is 1.83. The topological polar surface area (TPSA) is 132 Å². The maximum absolute atomic E-state index is 5.66. The number of nitrogens with two attached hydrogens (primary N) is 4. The van der Waals surface area contributed by atoms with Gasteiger partial charge in [-0.2, -0.15) is 0 Å². The van der Waals surface area contributed by atoms with E-state index in [1.54, 1.807) is 0 Å². The highest BCUT2D eigenvalue weighted by Gasteiger charge is 2.36. The van der Waals surface area contributed by atoms with Crippen LogP contribution < -0.4 is 28.3 Å². The van der Waals surface area contributed by atoms with Gasteiger partial charge in [0.2, 0.25) is 5.96 Å². The Labute approximate surface area is 115 Å². The minimum atomic E-state index is 0.0980. The summed E-state index contributed by atoms with van der Waals surface area (Å²) in [5, 5.41) is 9.69. The van der Waals surface area contributed by atoms with Crippen molar-refractivity contribution in [2.75, 3.05) is 52.4 Å². The largest absolute Gasteiger partial charge is 0.368 e. The molecule has 8 nitrogen and oxygen atoms in total. The van der Waals surface area contributed by atoms with Crippen LogP contribution in [0.1, 0.15) is 12.8 Å². The fourth-order valence-corrected chi connectivity index (χ4v) is 2.49. The third kappa shape index (κ3) is 4.83. The van der Waals surface area contributed by atoms with Crippen molar-refractivity contribution in [2.45, 2.75) is 12.8 Å². The Kier molecular flexibility index (Phi) is 6.85. The summed E-state index contributed by atoms with van der Waals surface area (Å²) in [6.45, 7) is 6.90. The van der Waals surface area contributed by atoms with E-state index in [-0.39, 0.29) is 5.96 Å². The SMILES string of the molecule is NCCCN(N=C(N)N)[N+]1(CCCN)CCNCC1. The van der Waals surface area contributed by atoms with Crippen molar-refractivity contribution >= 4 is 5.96 Å². The predicted octanol–water partition coefficient (Wildman–Crippen LogP) is -2.49. The van der Waals surface area contributed by atoms with Crippen LogP contribution in [-0.4, -0.2) is 68.0 Å². The molecule has 1 saturated heterocycles. The Morgan fingerprint density at radius 2 is 1.74 bits per heavy atom. The zero-order valence-corrected chi connectivity index (χ0v) is 11.7. The van der Waals surface area contributed by atoms with Gasteiger partial charge < -0.3 is 28.3 Å². The molecule has 0 aromatic carbocycles. The van der Waals surface area contributed by atoms with Gasteiger partial charge in [-0.15, -0.1) is 5.12 Å². The van der Waals surface area contributed by atoms with Gasteiger partial charge >= 0.3 is 0 Å². The van der Waals surface area contributed by atoms with Gasteiger partial charge in [-0.1, -0.05) is 5.10 Å². The monoisotopic (exact) mass is 273 g/mol. The molecule has 0 bridgehead atoms. The molecule has 0 aromatic heterocycles. The molecular formula is C11H29N8+. The second-order valence-corrected chi connectivity index (χ2v) is 4.92. The summed E-state index contributed by atoms with van der Waals surface area (Å²) in [6, 6.07) is 0. The Bertz CT molecular complexity index is 270. The molecule has 112 valence electrons. The first-order valence-electron chi connectivity index (χ1n) is 6.99. The van der Waals surface area contributed by atoms with Gasteiger partial charge in [0, 0.05) is 19.5 Å². The summed E-state index contributed by atoms with van der Waals surface area (Å²) in [5.41, 5.74) is 22.4. The molecule has 19 heavy (non-hydrogen) atoms. The zero-order chi connectivity index (χ0) is 14.1. The second kappa shape index (κ2) is 8.16. The van der Waals surface area contributed by atoms with E-state index in [2.05, 4.69) is 10.4 Å². The lowest BCUT2D eigenvalue weighted by atomic mass is 10.3. The summed E-state index contributed by atoms with van der Waals surface area (Å²) in [7, 11) is 0. The first-order chi connectivity index (χ1) is 9.14. The number of hydrogen-bond donors (Lipinski definition) is 5. The number of nitrogens with zero attached hydrogens (tertiary/aromatic N) is 3. The van der Waals surface area contributed by atoms with Crippen LogP contribution in [-0.2, 0) is 0 Å². The van der Waals surface area contributed by atoms with Gasteiger partial charge in [-0.25, -0.2) is 4.59 Å². The Hall–Kier alpha value is -1.09. The normalized spacial score (nSPS) is 18.0. The number of nitrogens with one attached hydrogen (secondary N) is 1. The molecular weight excluding hydrogens is 244 g/mol. The highest BCUT2D eigenvalue weighted by atomic mass is 15.9. The molecule has 1 heterocycles. The summed E-state index contributed by atoms with van der Waals surface area (Å²) >= 11 is 0. The molecule has 0 amide bonds. The number of rotatable bonds is 8. The van der Waals surface area contributed by atoms with Crippen LogP contribution in [0.4, 0.5) is 0 Å². The molecule has 1 aliphatic heterocycles. The molecule has 1 fully saturated rings. The Balaban J connectivity index is 2.84. The maximum atomic E-state index is 5.66. The van der Waals surface area contributed by atoms with Crippen LogP contribution in [0.25, 0.3) is 0 Å². The quantitative estimate of drug-likeness (QED) is 0.144.